The van der Waals surface area contributed by atoms with Crippen LogP contribution in [0.1, 0.15) is 13.3 Å². The number of nitrogens with one attached hydrogen (secondary N) is 1. The summed E-state index contributed by atoms with van der Waals surface area (Å²) in [6.45, 7) is 3.22. The van der Waals surface area contributed by atoms with Crippen molar-refractivity contribution in [2.75, 3.05) is 6.54 Å². The van der Waals surface area contributed by atoms with Gasteiger partial charge in [0.1, 0.15) is 0 Å². The van der Waals surface area contributed by atoms with Gasteiger partial charge in [-0.3, -0.25) is 4.72 Å². The Labute approximate surface area is 107 Å². The van der Waals surface area contributed by atoms with Crippen molar-refractivity contribution in [2.24, 2.45) is 0 Å². The predicted octanol–water partition coefficient (Wildman–Crippen LogP) is 4.36. The molecular weight excluding hydrogens is 226 g/mol. The minimum Gasteiger partial charge on any atom is -0.260 e. The maximum absolute atomic E-state index is 3.33. The van der Waals surface area contributed by atoms with Gasteiger partial charge in [-0.05, 0) is 41.6 Å². The van der Waals surface area contributed by atoms with E-state index in [2.05, 4.69) is 60.2 Å². The molecule has 0 aromatic heterocycles. The van der Waals surface area contributed by atoms with E-state index in [1.165, 1.54) is 16.0 Å². The summed E-state index contributed by atoms with van der Waals surface area (Å²) in [4.78, 5) is 1.26. The molecule has 1 N–H and O–H groups in total. The fourth-order valence-electron chi connectivity index (χ4n) is 1.58. The first-order chi connectivity index (χ1) is 8.40. The fourth-order valence-corrected chi connectivity index (χ4v) is 2.33. The van der Waals surface area contributed by atoms with E-state index in [9.17, 15) is 0 Å². The van der Waals surface area contributed by atoms with Gasteiger partial charge in [0.05, 0.1) is 0 Å². The summed E-state index contributed by atoms with van der Waals surface area (Å²) in [6.07, 6.45) is 1.16. The monoisotopic (exact) mass is 243 g/mol. The molecule has 17 heavy (non-hydrogen) atoms. The van der Waals surface area contributed by atoms with Crippen LogP contribution < -0.4 is 4.72 Å². The van der Waals surface area contributed by atoms with Crippen molar-refractivity contribution < 1.29 is 0 Å². The Morgan fingerprint density at radius 2 is 1.53 bits per heavy atom. The Bertz CT molecular complexity index is 436. The molecule has 0 heterocycles. The van der Waals surface area contributed by atoms with Crippen molar-refractivity contribution in [3.8, 4) is 11.1 Å². The minimum atomic E-state index is 1.05. The lowest BCUT2D eigenvalue weighted by Gasteiger charge is -2.04. The highest BCUT2D eigenvalue weighted by molar-refractivity contribution is 7.97. The minimum absolute atomic E-state index is 1.05. The average Bonchev–Trinajstić information content (AvgIpc) is 2.41. The first-order valence-corrected chi connectivity index (χ1v) is 6.77. The zero-order valence-corrected chi connectivity index (χ0v) is 10.8. The molecule has 0 spiro atoms. The third-order valence-electron chi connectivity index (χ3n) is 2.50. The first-order valence-electron chi connectivity index (χ1n) is 5.95. The van der Waals surface area contributed by atoms with Crippen LogP contribution in [0, 0.1) is 0 Å². The van der Waals surface area contributed by atoms with Crippen LogP contribution in [0.2, 0.25) is 0 Å². The molecule has 2 aromatic rings. The Morgan fingerprint density at radius 1 is 0.882 bits per heavy atom. The molecule has 0 saturated heterocycles. The highest BCUT2D eigenvalue weighted by Crippen LogP contribution is 2.22. The van der Waals surface area contributed by atoms with Crippen LogP contribution in [0.4, 0.5) is 0 Å². The van der Waals surface area contributed by atoms with E-state index in [4.69, 9.17) is 0 Å². The molecule has 0 atom stereocenters. The zero-order valence-electron chi connectivity index (χ0n) is 10.0. The summed E-state index contributed by atoms with van der Waals surface area (Å²) in [5.74, 6) is 0. The first kappa shape index (κ1) is 12.2. The van der Waals surface area contributed by atoms with Gasteiger partial charge in [0.2, 0.25) is 0 Å². The molecule has 0 aliphatic heterocycles. The van der Waals surface area contributed by atoms with E-state index in [0.29, 0.717) is 0 Å². The molecule has 2 rings (SSSR count). The molecule has 0 aliphatic carbocycles. The molecule has 88 valence electrons. The lowest BCUT2D eigenvalue weighted by atomic mass is 10.1. The molecule has 2 aromatic carbocycles. The average molecular weight is 243 g/mol. The SMILES string of the molecule is CCCNSc1ccc(-c2ccccc2)cc1. The third-order valence-corrected chi connectivity index (χ3v) is 3.36. The lowest BCUT2D eigenvalue weighted by molar-refractivity contribution is 0.877. The van der Waals surface area contributed by atoms with E-state index in [1.807, 2.05) is 6.07 Å². The maximum atomic E-state index is 3.33. The van der Waals surface area contributed by atoms with Gasteiger partial charge in [-0.2, -0.15) is 0 Å². The van der Waals surface area contributed by atoms with Crippen molar-refractivity contribution in [1.29, 1.82) is 0 Å². The molecular formula is C15H17NS. The zero-order chi connectivity index (χ0) is 11.9. The van der Waals surface area contributed by atoms with E-state index >= 15 is 0 Å². The molecule has 0 radical (unpaired) electrons. The van der Waals surface area contributed by atoms with Crippen LogP contribution in [0.5, 0.6) is 0 Å². The van der Waals surface area contributed by atoms with Crippen LogP contribution in [-0.4, -0.2) is 6.54 Å². The van der Waals surface area contributed by atoms with Gasteiger partial charge in [0.25, 0.3) is 0 Å². The quantitative estimate of drug-likeness (QED) is 0.618. The molecule has 2 heteroatoms. The van der Waals surface area contributed by atoms with E-state index in [1.54, 1.807) is 11.9 Å². The lowest BCUT2D eigenvalue weighted by Crippen LogP contribution is -2.02. The summed E-state index contributed by atoms with van der Waals surface area (Å²) < 4.78 is 3.33. The number of hydrogen-bond donors (Lipinski definition) is 1. The molecule has 0 bridgehead atoms. The van der Waals surface area contributed by atoms with Crippen molar-refractivity contribution in [3.63, 3.8) is 0 Å². The number of hydrogen-bond acceptors (Lipinski definition) is 2. The fraction of sp³-hybridized carbons (Fsp3) is 0.200. The van der Waals surface area contributed by atoms with Gasteiger partial charge in [0, 0.05) is 11.4 Å². The number of benzene rings is 2. The summed E-state index contributed by atoms with van der Waals surface area (Å²) in [5.41, 5.74) is 2.54. The summed E-state index contributed by atoms with van der Waals surface area (Å²) >= 11 is 1.70. The molecule has 0 saturated carbocycles. The Kier molecular flexibility index (Phi) is 4.65. The molecule has 0 amide bonds. The normalized spacial score (nSPS) is 10.4. The van der Waals surface area contributed by atoms with E-state index < -0.39 is 0 Å². The number of rotatable bonds is 5. The van der Waals surface area contributed by atoms with Crippen LogP contribution >= 0.6 is 11.9 Å². The van der Waals surface area contributed by atoms with Crippen molar-refractivity contribution in [3.05, 3.63) is 54.6 Å². The highest BCUT2D eigenvalue weighted by Gasteiger charge is 1.97. The highest BCUT2D eigenvalue weighted by atomic mass is 32.2. The second kappa shape index (κ2) is 6.48. The Morgan fingerprint density at radius 3 is 2.18 bits per heavy atom. The van der Waals surface area contributed by atoms with Gasteiger partial charge in [-0.15, -0.1) is 0 Å². The van der Waals surface area contributed by atoms with Gasteiger partial charge in [-0.25, -0.2) is 0 Å². The van der Waals surface area contributed by atoms with Crippen molar-refractivity contribution >= 4 is 11.9 Å². The molecule has 0 aliphatic rings. The van der Waals surface area contributed by atoms with Crippen molar-refractivity contribution in [1.82, 2.24) is 4.72 Å². The van der Waals surface area contributed by atoms with Crippen LogP contribution in [0.3, 0.4) is 0 Å². The smallest absolute Gasteiger partial charge is 0.0228 e. The summed E-state index contributed by atoms with van der Waals surface area (Å²) in [7, 11) is 0. The van der Waals surface area contributed by atoms with Crippen molar-refractivity contribution in [2.45, 2.75) is 18.2 Å². The predicted molar refractivity (Wildman–Crippen MR) is 76.0 cm³/mol. The Balaban J connectivity index is 2.03. The van der Waals surface area contributed by atoms with E-state index in [0.717, 1.165) is 13.0 Å². The second-order valence-electron chi connectivity index (χ2n) is 3.89. The Hall–Kier alpha value is -1.25. The van der Waals surface area contributed by atoms with Gasteiger partial charge in [0.15, 0.2) is 0 Å². The maximum Gasteiger partial charge on any atom is 0.0228 e. The van der Waals surface area contributed by atoms with Crippen LogP contribution in [0.25, 0.3) is 11.1 Å². The largest absolute Gasteiger partial charge is 0.260 e. The third kappa shape index (κ3) is 3.62. The van der Waals surface area contributed by atoms with Crippen LogP contribution in [0.15, 0.2) is 59.5 Å². The van der Waals surface area contributed by atoms with Gasteiger partial charge in [-0.1, -0.05) is 49.4 Å². The molecule has 0 unspecified atom stereocenters. The molecule has 0 fully saturated rings. The van der Waals surface area contributed by atoms with E-state index in [-0.39, 0.29) is 0 Å². The van der Waals surface area contributed by atoms with Crippen LogP contribution in [-0.2, 0) is 0 Å². The second-order valence-corrected chi connectivity index (χ2v) is 4.85. The van der Waals surface area contributed by atoms with Gasteiger partial charge < -0.3 is 0 Å². The van der Waals surface area contributed by atoms with Gasteiger partial charge >= 0.3 is 0 Å². The molecule has 1 nitrogen and oxygen atoms in total. The summed E-state index contributed by atoms with van der Waals surface area (Å²) in [5, 5.41) is 0. The standard InChI is InChI=1S/C15H17NS/c1-2-12-16-17-15-10-8-14(9-11-15)13-6-4-3-5-7-13/h3-11,16H,2,12H2,1H3. The topological polar surface area (TPSA) is 12.0 Å². The summed E-state index contributed by atoms with van der Waals surface area (Å²) in [6, 6.07) is 19.1.